The normalized spacial score (nSPS) is 13.9. The highest BCUT2D eigenvalue weighted by Crippen LogP contribution is 2.33. The Bertz CT molecular complexity index is 1110. The molecule has 2 aromatic carbocycles. The number of aryl methyl sites for hydroxylation is 1. The number of benzene rings is 2. The van der Waals surface area contributed by atoms with Gasteiger partial charge >= 0.3 is 0 Å². The molecule has 0 saturated heterocycles. The summed E-state index contributed by atoms with van der Waals surface area (Å²) >= 11 is 0. The molecule has 0 aliphatic carbocycles. The molecule has 0 fully saturated rings. The fourth-order valence-corrected chi connectivity index (χ4v) is 2.94. The summed E-state index contributed by atoms with van der Waals surface area (Å²) < 4.78 is 28.5. The summed E-state index contributed by atoms with van der Waals surface area (Å²) in [6.45, 7) is 2.17. The molecule has 0 bridgehead atoms. The van der Waals surface area contributed by atoms with Crippen LogP contribution < -0.4 is 16.0 Å². The van der Waals surface area contributed by atoms with Crippen molar-refractivity contribution in [3.63, 3.8) is 0 Å². The van der Waals surface area contributed by atoms with Gasteiger partial charge in [0.25, 0.3) is 5.91 Å². The molecule has 1 amide bonds. The zero-order chi connectivity index (χ0) is 20.4. The molecule has 1 aromatic heterocycles. The van der Waals surface area contributed by atoms with Crippen LogP contribution in [0.3, 0.4) is 0 Å². The summed E-state index contributed by atoms with van der Waals surface area (Å²) in [4.78, 5) is 20.4. The first-order chi connectivity index (χ1) is 14.0. The maximum absolute atomic E-state index is 14.4. The van der Waals surface area contributed by atoms with E-state index in [9.17, 15) is 13.6 Å². The molecule has 3 aromatic rings. The van der Waals surface area contributed by atoms with E-state index in [4.69, 9.17) is 0 Å². The zero-order valence-corrected chi connectivity index (χ0v) is 15.5. The van der Waals surface area contributed by atoms with Crippen LogP contribution >= 0.6 is 0 Å². The van der Waals surface area contributed by atoms with E-state index in [-0.39, 0.29) is 11.1 Å². The van der Waals surface area contributed by atoms with E-state index in [1.807, 2.05) is 6.92 Å². The lowest BCUT2D eigenvalue weighted by molar-refractivity contribution is -0.110. The third-order valence-corrected chi connectivity index (χ3v) is 4.42. The number of nitrogens with zero attached hydrogens (tertiary/aromatic N) is 2. The van der Waals surface area contributed by atoms with Crippen molar-refractivity contribution in [2.24, 2.45) is 0 Å². The van der Waals surface area contributed by atoms with E-state index in [0.717, 1.165) is 5.69 Å². The zero-order valence-electron chi connectivity index (χ0n) is 15.5. The average Bonchev–Trinajstić information content (AvgIpc) is 3.03. The molecule has 0 radical (unpaired) electrons. The second kappa shape index (κ2) is 7.67. The Labute approximate surface area is 165 Å². The Morgan fingerprint density at radius 1 is 1.10 bits per heavy atom. The number of hydrogen-bond acceptors (Lipinski definition) is 5. The van der Waals surface area contributed by atoms with Crippen LogP contribution in [0, 0.1) is 18.6 Å². The van der Waals surface area contributed by atoms with Gasteiger partial charge in [0.2, 0.25) is 0 Å². The first-order valence-corrected chi connectivity index (χ1v) is 8.89. The molecular weight excluding hydrogens is 376 g/mol. The molecule has 29 heavy (non-hydrogen) atoms. The Hall–Kier alpha value is -3.81. The molecule has 146 valence electrons. The van der Waals surface area contributed by atoms with Crippen molar-refractivity contribution in [1.29, 1.82) is 0 Å². The first kappa shape index (κ1) is 18.5. The number of fused-ring (bicyclic) bond motifs is 1. The van der Waals surface area contributed by atoms with Gasteiger partial charge in [-0.05, 0) is 37.3 Å². The van der Waals surface area contributed by atoms with Gasteiger partial charge < -0.3 is 16.0 Å². The number of aromatic nitrogens is 2. The lowest BCUT2D eigenvalue weighted by atomic mass is 10.1. The predicted molar refractivity (Wildman–Crippen MR) is 107 cm³/mol. The molecule has 2 heterocycles. The van der Waals surface area contributed by atoms with Crippen LogP contribution in [0.25, 0.3) is 5.57 Å². The Morgan fingerprint density at radius 3 is 2.72 bits per heavy atom. The maximum atomic E-state index is 14.4. The van der Waals surface area contributed by atoms with Crippen LogP contribution in [-0.2, 0) is 11.3 Å². The Morgan fingerprint density at radius 2 is 1.97 bits per heavy atom. The minimum absolute atomic E-state index is 0.152. The maximum Gasteiger partial charge on any atom is 0.257 e. The third-order valence-electron chi connectivity index (χ3n) is 4.42. The molecule has 1 aliphatic heterocycles. The van der Waals surface area contributed by atoms with E-state index in [2.05, 4.69) is 25.9 Å². The standard InChI is InChI=1S/C21H17F2N5O/c1-12-8-25-14(9-24-12)10-27-18-6-5-13(7-17(18)23)26-11-15-20-16(22)3-2-4-19(20)28-21(15)29/h2-9,11,26-27H,10H2,1H3,(H,28,29). The molecule has 0 atom stereocenters. The lowest BCUT2D eigenvalue weighted by Crippen LogP contribution is -2.06. The number of amides is 1. The predicted octanol–water partition coefficient (Wildman–Crippen LogP) is 4.08. The van der Waals surface area contributed by atoms with Gasteiger partial charge in [0.05, 0.1) is 41.1 Å². The monoisotopic (exact) mass is 393 g/mol. The van der Waals surface area contributed by atoms with Crippen molar-refractivity contribution in [1.82, 2.24) is 9.97 Å². The number of nitrogens with one attached hydrogen (secondary N) is 3. The van der Waals surface area contributed by atoms with Crippen molar-refractivity contribution in [2.75, 3.05) is 16.0 Å². The van der Waals surface area contributed by atoms with Gasteiger partial charge in [0, 0.05) is 23.6 Å². The van der Waals surface area contributed by atoms with E-state index in [0.29, 0.717) is 29.3 Å². The van der Waals surface area contributed by atoms with Gasteiger partial charge in [0.15, 0.2) is 0 Å². The van der Waals surface area contributed by atoms with E-state index in [1.165, 1.54) is 24.4 Å². The number of anilines is 3. The molecule has 3 N–H and O–H groups in total. The molecule has 0 spiro atoms. The lowest BCUT2D eigenvalue weighted by Gasteiger charge is -2.09. The fraction of sp³-hybridized carbons (Fsp3) is 0.0952. The quantitative estimate of drug-likeness (QED) is 0.570. The summed E-state index contributed by atoms with van der Waals surface area (Å²) in [7, 11) is 0. The third kappa shape index (κ3) is 3.91. The van der Waals surface area contributed by atoms with Crippen LogP contribution in [0.15, 0.2) is 55.0 Å². The van der Waals surface area contributed by atoms with Gasteiger partial charge in [-0.2, -0.15) is 0 Å². The van der Waals surface area contributed by atoms with Crippen LogP contribution in [0.5, 0.6) is 0 Å². The van der Waals surface area contributed by atoms with Crippen LogP contribution in [0.4, 0.5) is 25.8 Å². The number of carbonyl (C=O) groups excluding carboxylic acids is 1. The molecule has 4 rings (SSSR count). The number of rotatable bonds is 5. The van der Waals surface area contributed by atoms with Crippen molar-refractivity contribution in [3.05, 3.63) is 83.6 Å². The summed E-state index contributed by atoms with van der Waals surface area (Å²) in [5.74, 6) is -1.40. The minimum Gasteiger partial charge on any atom is -0.377 e. The Balaban J connectivity index is 1.47. The van der Waals surface area contributed by atoms with Gasteiger partial charge in [-0.15, -0.1) is 0 Å². The average molecular weight is 393 g/mol. The highest BCUT2D eigenvalue weighted by atomic mass is 19.1. The number of hydrogen-bond donors (Lipinski definition) is 3. The summed E-state index contributed by atoms with van der Waals surface area (Å²) in [6, 6.07) is 8.93. The fourth-order valence-electron chi connectivity index (χ4n) is 2.94. The highest BCUT2D eigenvalue weighted by Gasteiger charge is 2.27. The molecule has 0 saturated carbocycles. The van der Waals surface area contributed by atoms with Crippen LogP contribution in [-0.4, -0.2) is 15.9 Å². The second-order valence-corrected chi connectivity index (χ2v) is 6.52. The minimum atomic E-state index is -0.501. The molecular formula is C21H17F2N5O. The summed E-state index contributed by atoms with van der Waals surface area (Å²) in [5.41, 5.74) is 2.99. The summed E-state index contributed by atoms with van der Waals surface area (Å²) in [5, 5.41) is 8.42. The molecule has 8 heteroatoms. The number of halogens is 2. The van der Waals surface area contributed by atoms with Crippen LogP contribution in [0.1, 0.15) is 17.0 Å². The van der Waals surface area contributed by atoms with Crippen LogP contribution in [0.2, 0.25) is 0 Å². The first-order valence-electron chi connectivity index (χ1n) is 8.89. The SMILES string of the molecule is Cc1cnc(CNc2ccc(NC=C3C(=O)Nc4cccc(F)c43)cc2F)cn1. The van der Waals surface area contributed by atoms with Gasteiger partial charge in [-0.3, -0.25) is 14.8 Å². The van der Waals surface area contributed by atoms with E-state index in [1.54, 1.807) is 30.6 Å². The van der Waals surface area contributed by atoms with Gasteiger partial charge in [0.1, 0.15) is 11.6 Å². The van der Waals surface area contributed by atoms with Gasteiger partial charge in [-0.1, -0.05) is 6.07 Å². The second-order valence-electron chi connectivity index (χ2n) is 6.52. The highest BCUT2D eigenvalue weighted by molar-refractivity contribution is 6.31. The molecule has 1 aliphatic rings. The van der Waals surface area contributed by atoms with Crippen molar-refractivity contribution >= 4 is 28.5 Å². The molecule has 6 nitrogen and oxygen atoms in total. The van der Waals surface area contributed by atoms with Crippen molar-refractivity contribution in [2.45, 2.75) is 13.5 Å². The number of carbonyl (C=O) groups is 1. The molecule has 0 unspecified atom stereocenters. The van der Waals surface area contributed by atoms with E-state index >= 15 is 0 Å². The topological polar surface area (TPSA) is 78.9 Å². The van der Waals surface area contributed by atoms with Crippen molar-refractivity contribution in [3.8, 4) is 0 Å². The van der Waals surface area contributed by atoms with Crippen molar-refractivity contribution < 1.29 is 13.6 Å². The summed E-state index contributed by atoms with van der Waals surface area (Å²) in [6.07, 6.45) is 4.65. The van der Waals surface area contributed by atoms with E-state index < -0.39 is 17.5 Å². The smallest absolute Gasteiger partial charge is 0.257 e. The van der Waals surface area contributed by atoms with Gasteiger partial charge in [-0.25, -0.2) is 8.78 Å². The Kier molecular flexibility index (Phi) is 4.90. The largest absolute Gasteiger partial charge is 0.377 e.